The number of halogens is 2. The van der Waals surface area contributed by atoms with Crippen LogP contribution in [0.5, 0.6) is 0 Å². The number of amides is 3. The van der Waals surface area contributed by atoms with Gasteiger partial charge in [-0.3, -0.25) is 19.3 Å². The smallest absolute Gasteiger partial charge is 0.248 e. The Hall–Kier alpha value is -2.83. The molecular formula is C25H25Cl2N3O3. The lowest BCUT2D eigenvalue weighted by Crippen LogP contribution is -2.53. The fourth-order valence-corrected chi connectivity index (χ4v) is 4.79. The van der Waals surface area contributed by atoms with Gasteiger partial charge in [0.2, 0.25) is 17.7 Å². The summed E-state index contributed by atoms with van der Waals surface area (Å²) in [7, 11) is 0. The summed E-state index contributed by atoms with van der Waals surface area (Å²) in [5.41, 5.74) is 2.43. The molecule has 1 aliphatic heterocycles. The zero-order valence-corrected chi connectivity index (χ0v) is 20.1. The number of fused-ring (bicyclic) bond motifs is 1. The van der Waals surface area contributed by atoms with Crippen molar-refractivity contribution in [2.75, 3.05) is 15.5 Å². The molecule has 2 aromatic carbocycles. The molecule has 4 rings (SSSR count). The van der Waals surface area contributed by atoms with Crippen LogP contribution in [0.4, 0.5) is 17.1 Å². The molecule has 6 nitrogen and oxygen atoms in total. The zero-order chi connectivity index (χ0) is 23.9. The van der Waals surface area contributed by atoms with E-state index in [1.807, 2.05) is 32.9 Å². The van der Waals surface area contributed by atoms with Gasteiger partial charge in [0, 0.05) is 5.69 Å². The van der Waals surface area contributed by atoms with Gasteiger partial charge in [-0.05, 0) is 48.6 Å². The van der Waals surface area contributed by atoms with Crippen LogP contribution in [0, 0.1) is 24.2 Å². The first-order valence-corrected chi connectivity index (χ1v) is 11.5. The number of hydrogen-bond donors (Lipinski definition) is 2. The minimum Gasteiger partial charge on any atom is -0.326 e. The molecule has 2 N–H and O–H groups in total. The summed E-state index contributed by atoms with van der Waals surface area (Å²) in [6.45, 7) is 5.88. The average Bonchev–Trinajstić information content (AvgIpc) is 3.28. The highest BCUT2D eigenvalue weighted by molar-refractivity contribution is 6.55. The third-order valence-electron chi connectivity index (χ3n) is 6.47. The van der Waals surface area contributed by atoms with Gasteiger partial charge in [0.1, 0.15) is 10.5 Å². The van der Waals surface area contributed by atoms with E-state index in [1.165, 1.54) is 4.90 Å². The van der Waals surface area contributed by atoms with Gasteiger partial charge in [0.05, 0.1) is 23.7 Å². The van der Waals surface area contributed by atoms with Crippen LogP contribution < -0.4 is 15.5 Å². The normalized spacial score (nSPS) is 22.6. The van der Waals surface area contributed by atoms with Crippen LogP contribution in [0.25, 0.3) is 0 Å². The van der Waals surface area contributed by atoms with Crippen LogP contribution in [-0.4, -0.2) is 23.8 Å². The summed E-state index contributed by atoms with van der Waals surface area (Å²) in [5.74, 6) is -1.56. The summed E-state index contributed by atoms with van der Waals surface area (Å²) < 4.78 is 0.106. The second-order valence-electron chi connectivity index (χ2n) is 9.13. The molecule has 0 unspecified atom stereocenters. The van der Waals surface area contributed by atoms with Crippen molar-refractivity contribution in [1.82, 2.24) is 0 Å². The molecule has 3 atom stereocenters. The number of carbonyl (C=O) groups excluding carboxylic acids is 3. The fourth-order valence-electron chi connectivity index (χ4n) is 4.52. The monoisotopic (exact) mass is 485 g/mol. The van der Waals surface area contributed by atoms with E-state index >= 15 is 0 Å². The van der Waals surface area contributed by atoms with E-state index in [1.54, 1.807) is 42.5 Å². The molecular weight excluding hydrogens is 461 g/mol. The van der Waals surface area contributed by atoms with Crippen LogP contribution >= 0.6 is 23.2 Å². The number of rotatable bonds is 5. The summed E-state index contributed by atoms with van der Waals surface area (Å²) in [5, 5.41) is 5.64. The molecule has 8 heteroatoms. The van der Waals surface area contributed by atoms with Crippen molar-refractivity contribution in [3.8, 4) is 0 Å². The quantitative estimate of drug-likeness (QED) is 0.605. The van der Waals surface area contributed by atoms with Crippen molar-refractivity contribution in [2.24, 2.45) is 17.3 Å². The maximum Gasteiger partial charge on any atom is 0.248 e. The first-order chi connectivity index (χ1) is 15.6. The van der Waals surface area contributed by atoms with E-state index < -0.39 is 17.9 Å². The molecule has 3 amide bonds. The first kappa shape index (κ1) is 23.3. The maximum absolute atomic E-state index is 13.8. The third-order valence-corrected chi connectivity index (χ3v) is 6.72. The highest BCUT2D eigenvalue weighted by Crippen LogP contribution is 2.61. The molecule has 1 fully saturated rings. The summed E-state index contributed by atoms with van der Waals surface area (Å²) in [6.07, 6.45) is 1.49. The zero-order valence-electron chi connectivity index (χ0n) is 18.6. The highest BCUT2D eigenvalue weighted by Gasteiger charge is 2.62. The number of allylic oxidation sites excluding steroid dienone is 1. The van der Waals surface area contributed by atoms with Crippen molar-refractivity contribution in [2.45, 2.75) is 33.2 Å². The van der Waals surface area contributed by atoms with Gasteiger partial charge >= 0.3 is 0 Å². The SMILES string of the molecule is Cc1ccc(NC(=O)C[C@H]2C(=O)Nc3ccccc3N2C(=O)[C@@H]2[C@H](C=C(Cl)Cl)C2(C)C)cc1. The van der Waals surface area contributed by atoms with E-state index in [0.29, 0.717) is 17.1 Å². The lowest BCUT2D eigenvalue weighted by molar-refractivity contribution is -0.127. The topological polar surface area (TPSA) is 78.5 Å². The summed E-state index contributed by atoms with van der Waals surface area (Å²) in [4.78, 5) is 41.1. The predicted molar refractivity (Wildman–Crippen MR) is 131 cm³/mol. The van der Waals surface area contributed by atoms with Crippen LogP contribution in [-0.2, 0) is 14.4 Å². The van der Waals surface area contributed by atoms with Crippen molar-refractivity contribution in [3.05, 3.63) is 64.7 Å². The predicted octanol–water partition coefficient (Wildman–Crippen LogP) is 5.27. The third kappa shape index (κ3) is 4.63. The number of benzene rings is 2. The molecule has 1 saturated carbocycles. The number of aryl methyl sites for hydroxylation is 1. The molecule has 2 aromatic rings. The molecule has 1 aliphatic carbocycles. The molecule has 0 saturated heterocycles. The maximum atomic E-state index is 13.8. The minimum atomic E-state index is -0.981. The Bertz CT molecular complexity index is 1140. The van der Waals surface area contributed by atoms with Gasteiger partial charge in [-0.2, -0.15) is 0 Å². The molecule has 33 heavy (non-hydrogen) atoms. The Morgan fingerprint density at radius 3 is 2.45 bits per heavy atom. The van der Waals surface area contributed by atoms with E-state index in [4.69, 9.17) is 23.2 Å². The Balaban J connectivity index is 1.63. The van der Waals surface area contributed by atoms with Gasteiger partial charge in [0.25, 0.3) is 0 Å². The minimum absolute atomic E-state index is 0.106. The average molecular weight is 486 g/mol. The number of anilines is 3. The lowest BCUT2D eigenvalue weighted by atomic mass is 10.0. The van der Waals surface area contributed by atoms with Gasteiger partial charge < -0.3 is 10.6 Å². The van der Waals surface area contributed by atoms with E-state index in [2.05, 4.69) is 10.6 Å². The second-order valence-corrected chi connectivity index (χ2v) is 10.1. The fraction of sp³-hybridized carbons (Fsp3) is 0.320. The largest absolute Gasteiger partial charge is 0.326 e. The van der Waals surface area contributed by atoms with Crippen LogP contribution in [0.2, 0.25) is 0 Å². The van der Waals surface area contributed by atoms with Gasteiger partial charge in [-0.15, -0.1) is 0 Å². The van der Waals surface area contributed by atoms with Gasteiger partial charge in [-0.25, -0.2) is 0 Å². The van der Waals surface area contributed by atoms with Gasteiger partial charge in [0.15, 0.2) is 0 Å². The van der Waals surface area contributed by atoms with E-state index in [0.717, 1.165) is 5.56 Å². The Kier molecular flexibility index (Phi) is 6.25. The Morgan fingerprint density at radius 2 is 1.79 bits per heavy atom. The molecule has 0 radical (unpaired) electrons. The standard InChI is InChI=1S/C25H25Cl2N3O3/c1-14-8-10-15(11-9-14)28-21(31)13-19-23(32)29-17-6-4-5-7-18(17)30(19)24(33)22-16(12-20(26)27)25(22,2)3/h4-12,16,19,22H,13H2,1-3H3,(H,28,31)(H,29,32)/t16-,19-,22-/m0/s1. The summed E-state index contributed by atoms with van der Waals surface area (Å²) >= 11 is 11.7. The highest BCUT2D eigenvalue weighted by atomic mass is 35.5. The van der Waals surface area contributed by atoms with Gasteiger partial charge in [-0.1, -0.05) is 66.9 Å². The number of nitrogens with zero attached hydrogens (tertiary/aromatic N) is 1. The number of hydrogen-bond acceptors (Lipinski definition) is 3. The van der Waals surface area contributed by atoms with Crippen molar-refractivity contribution >= 4 is 58.0 Å². The number of nitrogens with one attached hydrogen (secondary N) is 2. The molecule has 0 spiro atoms. The Morgan fingerprint density at radius 1 is 1.12 bits per heavy atom. The molecule has 0 aromatic heterocycles. The number of para-hydroxylation sites is 2. The number of carbonyl (C=O) groups is 3. The van der Waals surface area contributed by atoms with E-state index in [9.17, 15) is 14.4 Å². The van der Waals surface area contributed by atoms with Crippen LogP contribution in [0.15, 0.2) is 59.1 Å². The van der Waals surface area contributed by atoms with Crippen molar-refractivity contribution in [1.29, 1.82) is 0 Å². The van der Waals surface area contributed by atoms with Crippen molar-refractivity contribution in [3.63, 3.8) is 0 Å². The summed E-state index contributed by atoms with van der Waals surface area (Å²) in [6, 6.07) is 13.5. The molecule has 0 bridgehead atoms. The second kappa shape index (κ2) is 8.84. The lowest BCUT2D eigenvalue weighted by Gasteiger charge is -2.36. The van der Waals surface area contributed by atoms with E-state index in [-0.39, 0.29) is 34.1 Å². The van der Waals surface area contributed by atoms with Crippen LogP contribution in [0.1, 0.15) is 25.8 Å². The molecule has 172 valence electrons. The molecule has 1 heterocycles. The Labute approximate surface area is 202 Å². The van der Waals surface area contributed by atoms with Crippen molar-refractivity contribution < 1.29 is 14.4 Å². The molecule has 2 aliphatic rings. The first-order valence-electron chi connectivity index (χ1n) is 10.7. The van der Waals surface area contributed by atoms with Crippen LogP contribution in [0.3, 0.4) is 0 Å².